The number of ether oxygens (including phenoxy) is 1. The molecule has 0 bridgehead atoms. The van der Waals surface area contributed by atoms with E-state index in [4.69, 9.17) is 4.74 Å². The molecule has 4 nitrogen and oxygen atoms in total. The molecule has 1 aliphatic rings. The third kappa shape index (κ3) is 3.23. The third-order valence-corrected chi connectivity index (χ3v) is 4.42. The summed E-state index contributed by atoms with van der Waals surface area (Å²) in [5.74, 6) is 0.773. The summed E-state index contributed by atoms with van der Waals surface area (Å²) in [4.78, 5) is 14.7. The summed E-state index contributed by atoms with van der Waals surface area (Å²) in [6.45, 7) is 8.68. The fraction of sp³-hybridized carbons (Fsp3) is 0.350. The zero-order valence-corrected chi connectivity index (χ0v) is 14.7. The van der Waals surface area contributed by atoms with Gasteiger partial charge in [-0.3, -0.25) is 4.90 Å². The molecule has 126 valence electrons. The number of hydrogen-bond acceptors (Lipinski definition) is 2. The zero-order chi connectivity index (χ0) is 17.3. The highest BCUT2D eigenvalue weighted by atomic mass is 16.5. The van der Waals surface area contributed by atoms with E-state index in [0.29, 0.717) is 6.54 Å². The summed E-state index contributed by atoms with van der Waals surface area (Å²) in [5, 5.41) is 3.06. The van der Waals surface area contributed by atoms with Crippen molar-refractivity contribution in [3.05, 3.63) is 53.1 Å². The van der Waals surface area contributed by atoms with Gasteiger partial charge in [0, 0.05) is 5.69 Å². The fourth-order valence-corrected chi connectivity index (χ4v) is 2.91. The van der Waals surface area contributed by atoms with Crippen LogP contribution in [0.3, 0.4) is 0 Å². The smallest absolute Gasteiger partial charge is 0.326 e. The summed E-state index contributed by atoms with van der Waals surface area (Å²) in [6.07, 6.45) is 0.880. The predicted molar refractivity (Wildman–Crippen MR) is 98.2 cm³/mol. The van der Waals surface area contributed by atoms with Crippen LogP contribution in [-0.2, 0) is 0 Å². The Morgan fingerprint density at radius 3 is 2.62 bits per heavy atom. The monoisotopic (exact) mass is 324 g/mol. The van der Waals surface area contributed by atoms with Crippen molar-refractivity contribution in [3.63, 3.8) is 0 Å². The molecule has 0 radical (unpaired) electrons. The van der Waals surface area contributed by atoms with E-state index in [2.05, 4.69) is 12.2 Å². The highest BCUT2D eigenvalue weighted by molar-refractivity contribution is 6.03. The maximum absolute atomic E-state index is 12.9. The lowest BCUT2D eigenvalue weighted by Gasteiger charge is -2.35. The Kier molecular flexibility index (Phi) is 4.47. The van der Waals surface area contributed by atoms with Crippen molar-refractivity contribution in [2.45, 2.75) is 40.2 Å². The lowest BCUT2D eigenvalue weighted by atomic mass is 10.1. The second-order valence-corrected chi connectivity index (χ2v) is 6.48. The molecule has 0 aromatic heterocycles. The normalized spacial score (nSPS) is 16.3. The van der Waals surface area contributed by atoms with Crippen LogP contribution in [-0.4, -0.2) is 18.7 Å². The molecule has 2 amide bonds. The predicted octanol–water partition coefficient (Wildman–Crippen LogP) is 4.82. The number of nitrogens with one attached hydrogen (secondary N) is 1. The van der Waals surface area contributed by atoms with Gasteiger partial charge in [0.25, 0.3) is 0 Å². The van der Waals surface area contributed by atoms with Gasteiger partial charge in [-0.1, -0.05) is 25.1 Å². The Bertz CT molecular complexity index is 770. The summed E-state index contributed by atoms with van der Waals surface area (Å²) >= 11 is 0. The van der Waals surface area contributed by atoms with Gasteiger partial charge in [0.2, 0.25) is 0 Å². The Balaban J connectivity index is 1.91. The number of anilines is 2. The first-order valence-corrected chi connectivity index (χ1v) is 8.41. The second kappa shape index (κ2) is 6.56. The van der Waals surface area contributed by atoms with E-state index in [-0.39, 0.29) is 12.1 Å². The molecule has 1 unspecified atom stereocenters. The first-order chi connectivity index (χ1) is 11.5. The van der Waals surface area contributed by atoms with Crippen LogP contribution >= 0.6 is 0 Å². The summed E-state index contributed by atoms with van der Waals surface area (Å²) < 4.78 is 5.99. The van der Waals surface area contributed by atoms with Gasteiger partial charge in [0.15, 0.2) is 0 Å². The summed E-state index contributed by atoms with van der Waals surface area (Å²) in [6, 6.07) is 11.9. The molecule has 0 spiro atoms. The quantitative estimate of drug-likeness (QED) is 0.860. The maximum Gasteiger partial charge on any atom is 0.326 e. The van der Waals surface area contributed by atoms with Gasteiger partial charge in [-0.25, -0.2) is 4.79 Å². The van der Waals surface area contributed by atoms with Crippen molar-refractivity contribution in [1.82, 2.24) is 0 Å². The second-order valence-electron chi connectivity index (χ2n) is 6.48. The van der Waals surface area contributed by atoms with E-state index in [1.807, 2.05) is 57.2 Å². The average molecular weight is 324 g/mol. The molecule has 1 heterocycles. The first-order valence-electron chi connectivity index (χ1n) is 8.41. The highest BCUT2D eigenvalue weighted by Gasteiger charge is 2.29. The van der Waals surface area contributed by atoms with Gasteiger partial charge in [-0.15, -0.1) is 0 Å². The number of benzene rings is 2. The standard InChI is InChI=1S/C20H24N2O2/c1-5-16-12-22(18-11-14(3)7-9-19(18)24-16)20(23)21-17-10-13(2)6-8-15(17)4/h6-11,16H,5,12H2,1-4H3,(H,21,23). The molecular weight excluding hydrogens is 300 g/mol. The topological polar surface area (TPSA) is 41.6 Å². The maximum atomic E-state index is 12.9. The number of hydrogen-bond donors (Lipinski definition) is 1. The first kappa shape index (κ1) is 16.4. The van der Waals surface area contributed by atoms with Crippen molar-refractivity contribution < 1.29 is 9.53 Å². The molecule has 2 aromatic rings. The van der Waals surface area contributed by atoms with Gasteiger partial charge in [-0.2, -0.15) is 0 Å². The van der Waals surface area contributed by atoms with Gasteiger partial charge in [0.05, 0.1) is 12.2 Å². The largest absolute Gasteiger partial charge is 0.486 e. The van der Waals surface area contributed by atoms with E-state index in [1.165, 1.54) is 0 Å². The molecule has 4 heteroatoms. The van der Waals surface area contributed by atoms with Crippen molar-refractivity contribution in [3.8, 4) is 5.75 Å². The molecule has 3 rings (SSSR count). The molecule has 1 atom stereocenters. The van der Waals surface area contributed by atoms with E-state index in [9.17, 15) is 4.79 Å². The number of aryl methyl sites for hydroxylation is 3. The molecule has 1 N–H and O–H groups in total. The van der Waals surface area contributed by atoms with Gasteiger partial charge >= 0.3 is 6.03 Å². The molecule has 0 fully saturated rings. The Morgan fingerprint density at radius 2 is 1.88 bits per heavy atom. The molecule has 1 aliphatic heterocycles. The lowest BCUT2D eigenvalue weighted by molar-refractivity contribution is 0.188. The number of nitrogens with zero attached hydrogens (tertiary/aromatic N) is 1. The van der Waals surface area contributed by atoms with Crippen LogP contribution in [0.1, 0.15) is 30.0 Å². The van der Waals surface area contributed by atoms with Gasteiger partial charge in [0.1, 0.15) is 11.9 Å². The van der Waals surface area contributed by atoms with Crippen LogP contribution < -0.4 is 15.0 Å². The third-order valence-electron chi connectivity index (χ3n) is 4.42. The minimum Gasteiger partial charge on any atom is -0.486 e. The molecule has 0 saturated heterocycles. The van der Waals surface area contributed by atoms with Gasteiger partial charge < -0.3 is 10.1 Å². The number of carbonyl (C=O) groups excluding carboxylic acids is 1. The van der Waals surface area contributed by atoms with Gasteiger partial charge in [-0.05, 0) is 62.1 Å². The molecule has 0 saturated carbocycles. The average Bonchev–Trinajstić information content (AvgIpc) is 2.57. The summed E-state index contributed by atoms with van der Waals surface area (Å²) in [7, 11) is 0. The van der Waals surface area contributed by atoms with Crippen molar-refractivity contribution >= 4 is 17.4 Å². The summed E-state index contributed by atoms with van der Waals surface area (Å²) in [5.41, 5.74) is 4.98. The van der Waals surface area contributed by atoms with E-state index in [1.54, 1.807) is 4.90 Å². The Morgan fingerprint density at radius 1 is 1.17 bits per heavy atom. The number of carbonyl (C=O) groups is 1. The van der Waals surface area contributed by atoms with Crippen molar-refractivity contribution in [2.75, 3.05) is 16.8 Å². The van der Waals surface area contributed by atoms with E-state index in [0.717, 1.165) is 40.2 Å². The van der Waals surface area contributed by atoms with Crippen LogP contribution in [0.2, 0.25) is 0 Å². The molecular formula is C20H24N2O2. The lowest BCUT2D eigenvalue weighted by Crippen LogP contribution is -2.45. The molecule has 0 aliphatic carbocycles. The Hall–Kier alpha value is -2.49. The molecule has 24 heavy (non-hydrogen) atoms. The number of amides is 2. The highest BCUT2D eigenvalue weighted by Crippen LogP contribution is 2.35. The van der Waals surface area contributed by atoms with Crippen LogP contribution in [0.5, 0.6) is 5.75 Å². The van der Waals surface area contributed by atoms with Crippen LogP contribution in [0.4, 0.5) is 16.2 Å². The van der Waals surface area contributed by atoms with Crippen LogP contribution in [0, 0.1) is 20.8 Å². The molecule has 2 aromatic carbocycles. The number of fused-ring (bicyclic) bond motifs is 1. The van der Waals surface area contributed by atoms with Crippen LogP contribution in [0.15, 0.2) is 36.4 Å². The zero-order valence-electron chi connectivity index (χ0n) is 14.7. The minimum atomic E-state index is -0.114. The van der Waals surface area contributed by atoms with Crippen molar-refractivity contribution in [2.24, 2.45) is 0 Å². The fourth-order valence-electron chi connectivity index (χ4n) is 2.91. The van der Waals surface area contributed by atoms with E-state index < -0.39 is 0 Å². The number of urea groups is 1. The Labute approximate surface area is 143 Å². The van der Waals surface area contributed by atoms with E-state index >= 15 is 0 Å². The minimum absolute atomic E-state index is 0.0181. The van der Waals surface area contributed by atoms with Crippen LogP contribution in [0.25, 0.3) is 0 Å². The van der Waals surface area contributed by atoms with Crippen molar-refractivity contribution in [1.29, 1.82) is 0 Å². The number of rotatable bonds is 2. The SMILES string of the molecule is CCC1CN(C(=O)Nc2cc(C)ccc2C)c2cc(C)ccc2O1.